The molecule has 0 aliphatic heterocycles. The molecule has 2 aromatic carbocycles. The van der Waals surface area contributed by atoms with E-state index in [4.69, 9.17) is 15.2 Å². The summed E-state index contributed by atoms with van der Waals surface area (Å²) >= 11 is 0. The lowest BCUT2D eigenvalue weighted by Gasteiger charge is -2.16. The first-order chi connectivity index (χ1) is 9.81. The maximum absolute atomic E-state index is 6.19. The molecule has 0 bridgehead atoms. The second kappa shape index (κ2) is 7.68. The third-order valence-corrected chi connectivity index (χ3v) is 3.03. The molecular formula is C17H21NO2. The van der Waals surface area contributed by atoms with Crippen LogP contribution in [-0.4, -0.2) is 13.2 Å². The lowest BCUT2D eigenvalue weighted by Crippen LogP contribution is -2.18. The highest BCUT2D eigenvalue weighted by molar-refractivity contribution is 5.35. The Hall–Kier alpha value is -1.84. The highest BCUT2D eigenvalue weighted by Crippen LogP contribution is 2.24. The van der Waals surface area contributed by atoms with Crippen LogP contribution in [0.4, 0.5) is 0 Å². The van der Waals surface area contributed by atoms with Gasteiger partial charge in [0.2, 0.25) is 0 Å². The topological polar surface area (TPSA) is 44.5 Å². The average Bonchev–Trinajstić information content (AvgIpc) is 2.49. The van der Waals surface area contributed by atoms with E-state index >= 15 is 0 Å². The molecule has 0 saturated carbocycles. The van der Waals surface area contributed by atoms with Crippen LogP contribution in [0, 0.1) is 0 Å². The van der Waals surface area contributed by atoms with Crippen LogP contribution >= 0.6 is 0 Å². The standard InChI is InChI=1S/C17H21NO2/c1-2-20-17-11-7-6-10-15(17)16(18)13-19-12-14-8-4-3-5-9-14/h3-11,16H,2,12-13,18H2,1H3. The SMILES string of the molecule is CCOc1ccccc1C(N)COCc1ccccc1. The molecule has 0 radical (unpaired) electrons. The third-order valence-electron chi connectivity index (χ3n) is 3.03. The third kappa shape index (κ3) is 4.08. The summed E-state index contributed by atoms with van der Waals surface area (Å²) in [6.45, 7) is 3.65. The molecule has 0 fully saturated rings. The van der Waals surface area contributed by atoms with Crippen LogP contribution in [0.25, 0.3) is 0 Å². The van der Waals surface area contributed by atoms with E-state index in [0.717, 1.165) is 16.9 Å². The molecule has 0 heterocycles. The number of ether oxygens (including phenoxy) is 2. The molecule has 1 unspecified atom stereocenters. The van der Waals surface area contributed by atoms with Crippen molar-refractivity contribution in [1.29, 1.82) is 0 Å². The van der Waals surface area contributed by atoms with Gasteiger partial charge in [-0.1, -0.05) is 48.5 Å². The number of hydrogen-bond donors (Lipinski definition) is 1. The van der Waals surface area contributed by atoms with Crippen molar-refractivity contribution in [2.45, 2.75) is 19.6 Å². The van der Waals surface area contributed by atoms with Crippen molar-refractivity contribution in [1.82, 2.24) is 0 Å². The number of benzene rings is 2. The summed E-state index contributed by atoms with van der Waals surface area (Å²) in [6.07, 6.45) is 0. The normalized spacial score (nSPS) is 12.1. The van der Waals surface area contributed by atoms with Gasteiger partial charge in [-0.05, 0) is 18.6 Å². The molecule has 0 aromatic heterocycles. The van der Waals surface area contributed by atoms with Crippen molar-refractivity contribution in [3.8, 4) is 5.75 Å². The maximum Gasteiger partial charge on any atom is 0.124 e. The van der Waals surface area contributed by atoms with Crippen LogP contribution in [0.5, 0.6) is 5.75 Å². The Morgan fingerprint density at radius 2 is 1.70 bits per heavy atom. The first-order valence-electron chi connectivity index (χ1n) is 6.90. The van der Waals surface area contributed by atoms with Crippen molar-refractivity contribution in [3.63, 3.8) is 0 Å². The zero-order valence-electron chi connectivity index (χ0n) is 11.8. The van der Waals surface area contributed by atoms with Crippen molar-refractivity contribution >= 4 is 0 Å². The minimum absolute atomic E-state index is 0.179. The lowest BCUT2D eigenvalue weighted by atomic mass is 10.1. The molecule has 2 rings (SSSR count). The highest BCUT2D eigenvalue weighted by atomic mass is 16.5. The van der Waals surface area contributed by atoms with Gasteiger partial charge in [0.05, 0.1) is 25.9 Å². The molecule has 0 aliphatic rings. The monoisotopic (exact) mass is 271 g/mol. The first-order valence-corrected chi connectivity index (χ1v) is 6.90. The summed E-state index contributed by atoms with van der Waals surface area (Å²) < 4.78 is 11.3. The molecule has 2 aromatic rings. The number of nitrogens with two attached hydrogens (primary N) is 1. The van der Waals surface area contributed by atoms with E-state index in [1.54, 1.807) is 0 Å². The van der Waals surface area contributed by atoms with Gasteiger partial charge in [-0.15, -0.1) is 0 Å². The van der Waals surface area contributed by atoms with Gasteiger partial charge in [-0.25, -0.2) is 0 Å². The second-order valence-corrected chi connectivity index (χ2v) is 4.58. The van der Waals surface area contributed by atoms with Gasteiger partial charge < -0.3 is 15.2 Å². The Balaban J connectivity index is 1.90. The molecule has 3 nitrogen and oxygen atoms in total. The Labute approximate surface area is 120 Å². The zero-order chi connectivity index (χ0) is 14.2. The first kappa shape index (κ1) is 14.6. The molecule has 2 N–H and O–H groups in total. The van der Waals surface area contributed by atoms with Gasteiger partial charge in [0.1, 0.15) is 5.75 Å². The fourth-order valence-corrected chi connectivity index (χ4v) is 2.04. The fourth-order valence-electron chi connectivity index (χ4n) is 2.04. The summed E-state index contributed by atoms with van der Waals surface area (Å²) in [5.74, 6) is 0.839. The summed E-state index contributed by atoms with van der Waals surface area (Å²) in [4.78, 5) is 0. The van der Waals surface area contributed by atoms with Crippen molar-refractivity contribution in [3.05, 3.63) is 65.7 Å². The summed E-state index contributed by atoms with van der Waals surface area (Å²) in [6, 6.07) is 17.7. The van der Waals surface area contributed by atoms with Gasteiger partial charge in [-0.3, -0.25) is 0 Å². The van der Waals surface area contributed by atoms with Crippen LogP contribution in [0.15, 0.2) is 54.6 Å². The molecule has 0 aliphatic carbocycles. The van der Waals surface area contributed by atoms with Crippen LogP contribution in [0.1, 0.15) is 24.1 Å². The molecule has 20 heavy (non-hydrogen) atoms. The van der Waals surface area contributed by atoms with E-state index in [0.29, 0.717) is 19.8 Å². The molecule has 3 heteroatoms. The fraction of sp³-hybridized carbons (Fsp3) is 0.294. The van der Waals surface area contributed by atoms with Crippen LogP contribution < -0.4 is 10.5 Å². The average molecular weight is 271 g/mol. The second-order valence-electron chi connectivity index (χ2n) is 4.58. The van der Waals surface area contributed by atoms with Gasteiger partial charge in [0.15, 0.2) is 0 Å². The summed E-state index contributed by atoms with van der Waals surface area (Å²) in [5.41, 5.74) is 8.32. The van der Waals surface area contributed by atoms with Gasteiger partial charge in [0.25, 0.3) is 0 Å². The largest absolute Gasteiger partial charge is 0.494 e. The van der Waals surface area contributed by atoms with Crippen LogP contribution in [0.2, 0.25) is 0 Å². The highest BCUT2D eigenvalue weighted by Gasteiger charge is 2.11. The van der Waals surface area contributed by atoms with E-state index in [2.05, 4.69) is 0 Å². The molecular weight excluding hydrogens is 250 g/mol. The molecule has 0 amide bonds. The minimum Gasteiger partial charge on any atom is -0.494 e. The lowest BCUT2D eigenvalue weighted by molar-refractivity contribution is 0.107. The molecule has 0 spiro atoms. The minimum atomic E-state index is -0.179. The molecule has 106 valence electrons. The number of hydrogen-bond acceptors (Lipinski definition) is 3. The van der Waals surface area contributed by atoms with Crippen LogP contribution in [0.3, 0.4) is 0 Å². The molecule has 0 saturated heterocycles. The van der Waals surface area contributed by atoms with Crippen molar-refractivity contribution in [2.24, 2.45) is 5.73 Å². The van der Waals surface area contributed by atoms with E-state index in [-0.39, 0.29) is 6.04 Å². The Bertz CT molecular complexity index is 513. The zero-order valence-corrected chi connectivity index (χ0v) is 11.8. The van der Waals surface area contributed by atoms with E-state index < -0.39 is 0 Å². The van der Waals surface area contributed by atoms with Gasteiger partial charge >= 0.3 is 0 Å². The number of para-hydroxylation sites is 1. The van der Waals surface area contributed by atoms with E-state index in [9.17, 15) is 0 Å². The Morgan fingerprint density at radius 1 is 1.00 bits per heavy atom. The van der Waals surface area contributed by atoms with Crippen LogP contribution in [-0.2, 0) is 11.3 Å². The summed E-state index contributed by atoms with van der Waals surface area (Å²) in [5, 5.41) is 0. The predicted molar refractivity (Wildman–Crippen MR) is 80.6 cm³/mol. The number of rotatable bonds is 7. The van der Waals surface area contributed by atoms with Gasteiger partial charge in [-0.2, -0.15) is 0 Å². The maximum atomic E-state index is 6.19. The Kier molecular flexibility index (Phi) is 5.59. The van der Waals surface area contributed by atoms with Crippen molar-refractivity contribution < 1.29 is 9.47 Å². The Morgan fingerprint density at radius 3 is 2.45 bits per heavy atom. The smallest absolute Gasteiger partial charge is 0.124 e. The quantitative estimate of drug-likeness (QED) is 0.840. The van der Waals surface area contributed by atoms with Gasteiger partial charge in [0, 0.05) is 5.56 Å². The van der Waals surface area contributed by atoms with E-state index in [1.165, 1.54) is 0 Å². The van der Waals surface area contributed by atoms with E-state index in [1.807, 2.05) is 61.5 Å². The molecule has 1 atom stereocenters. The predicted octanol–water partition coefficient (Wildman–Crippen LogP) is 3.30. The summed E-state index contributed by atoms with van der Waals surface area (Å²) in [7, 11) is 0. The van der Waals surface area contributed by atoms with Crippen molar-refractivity contribution in [2.75, 3.05) is 13.2 Å².